The Labute approximate surface area is 93.9 Å². The van der Waals surface area contributed by atoms with Crippen LogP contribution >= 0.6 is 0 Å². The molecule has 0 fully saturated rings. The summed E-state index contributed by atoms with van der Waals surface area (Å²) in [5, 5.41) is 3.43. The summed E-state index contributed by atoms with van der Waals surface area (Å²) in [6, 6.07) is 9.30. The number of rotatable bonds is 5. The van der Waals surface area contributed by atoms with Gasteiger partial charge < -0.3 is 5.32 Å². The van der Waals surface area contributed by atoms with Crippen molar-refractivity contribution in [3.63, 3.8) is 0 Å². The number of aryl methyl sites for hydroxylation is 1. The van der Waals surface area contributed by atoms with Crippen molar-refractivity contribution in [2.24, 2.45) is 5.92 Å². The molecule has 2 unspecified atom stereocenters. The Bertz CT molecular complexity index is 293. The van der Waals surface area contributed by atoms with Gasteiger partial charge in [-0.1, -0.05) is 50.1 Å². The maximum absolute atomic E-state index is 3.43. The quantitative estimate of drug-likeness (QED) is 0.773. The van der Waals surface area contributed by atoms with Gasteiger partial charge in [0.15, 0.2) is 0 Å². The summed E-state index contributed by atoms with van der Waals surface area (Å²) in [6.45, 7) is 6.73. The second-order valence-electron chi connectivity index (χ2n) is 4.45. The Morgan fingerprint density at radius 3 is 2.60 bits per heavy atom. The SMILES string of the molecule is CCCC(C)C(NC)c1cccc(C)c1. The molecule has 0 radical (unpaired) electrons. The van der Waals surface area contributed by atoms with E-state index in [0.717, 1.165) is 0 Å². The van der Waals surface area contributed by atoms with Crippen molar-refractivity contribution in [2.45, 2.75) is 39.7 Å². The molecule has 0 aromatic heterocycles. The van der Waals surface area contributed by atoms with E-state index in [4.69, 9.17) is 0 Å². The third-order valence-corrected chi connectivity index (χ3v) is 3.03. The van der Waals surface area contributed by atoms with E-state index in [1.807, 2.05) is 0 Å². The second kappa shape index (κ2) is 5.92. The minimum Gasteiger partial charge on any atom is -0.313 e. The molecule has 2 atom stereocenters. The molecule has 0 amide bonds. The van der Waals surface area contributed by atoms with E-state index in [1.165, 1.54) is 24.0 Å². The van der Waals surface area contributed by atoms with Gasteiger partial charge in [-0.3, -0.25) is 0 Å². The highest BCUT2D eigenvalue weighted by Crippen LogP contribution is 2.25. The summed E-state index contributed by atoms with van der Waals surface area (Å²) in [5.74, 6) is 0.696. The Morgan fingerprint density at radius 1 is 1.33 bits per heavy atom. The summed E-state index contributed by atoms with van der Waals surface area (Å²) in [6.07, 6.45) is 2.53. The monoisotopic (exact) mass is 205 g/mol. The van der Waals surface area contributed by atoms with Gasteiger partial charge in [0, 0.05) is 6.04 Å². The van der Waals surface area contributed by atoms with E-state index in [9.17, 15) is 0 Å². The first-order valence-electron chi connectivity index (χ1n) is 5.92. The van der Waals surface area contributed by atoms with Gasteiger partial charge in [0.25, 0.3) is 0 Å². The number of hydrogen-bond donors (Lipinski definition) is 1. The molecule has 1 nitrogen and oxygen atoms in total. The molecular formula is C14H23N. The fourth-order valence-electron chi connectivity index (χ4n) is 2.27. The molecule has 0 aliphatic rings. The fourth-order valence-corrected chi connectivity index (χ4v) is 2.27. The molecule has 1 heteroatoms. The van der Waals surface area contributed by atoms with Crippen molar-refractivity contribution in [1.29, 1.82) is 0 Å². The lowest BCUT2D eigenvalue weighted by atomic mass is 9.90. The summed E-state index contributed by atoms with van der Waals surface area (Å²) in [5.41, 5.74) is 2.76. The third-order valence-electron chi connectivity index (χ3n) is 3.03. The third kappa shape index (κ3) is 3.35. The van der Waals surface area contributed by atoms with Crippen LogP contribution in [0.1, 0.15) is 43.9 Å². The Morgan fingerprint density at radius 2 is 2.07 bits per heavy atom. The molecule has 15 heavy (non-hydrogen) atoms. The van der Waals surface area contributed by atoms with Gasteiger partial charge in [-0.05, 0) is 31.9 Å². The van der Waals surface area contributed by atoms with E-state index in [2.05, 4.69) is 57.4 Å². The van der Waals surface area contributed by atoms with Crippen LogP contribution < -0.4 is 5.32 Å². The van der Waals surface area contributed by atoms with Crippen LogP contribution in [0.25, 0.3) is 0 Å². The summed E-state index contributed by atoms with van der Waals surface area (Å²) >= 11 is 0. The summed E-state index contributed by atoms with van der Waals surface area (Å²) in [7, 11) is 2.05. The minimum atomic E-state index is 0.491. The second-order valence-corrected chi connectivity index (χ2v) is 4.45. The molecular weight excluding hydrogens is 182 g/mol. The topological polar surface area (TPSA) is 12.0 Å². The van der Waals surface area contributed by atoms with Gasteiger partial charge in [-0.2, -0.15) is 0 Å². The molecule has 0 saturated heterocycles. The zero-order chi connectivity index (χ0) is 11.3. The molecule has 0 heterocycles. The van der Waals surface area contributed by atoms with Crippen LogP contribution in [0.2, 0.25) is 0 Å². The molecule has 0 spiro atoms. The number of nitrogens with one attached hydrogen (secondary N) is 1. The standard InChI is InChI=1S/C14H23N/c1-5-7-12(3)14(15-4)13-9-6-8-11(2)10-13/h6,8-10,12,14-15H,5,7H2,1-4H3. The predicted octanol–water partition coefficient (Wildman–Crippen LogP) is 3.69. The van der Waals surface area contributed by atoms with E-state index in [-0.39, 0.29) is 0 Å². The van der Waals surface area contributed by atoms with Gasteiger partial charge in [0.05, 0.1) is 0 Å². The van der Waals surface area contributed by atoms with Crippen molar-refractivity contribution < 1.29 is 0 Å². The predicted molar refractivity (Wildman–Crippen MR) is 67.1 cm³/mol. The van der Waals surface area contributed by atoms with Crippen molar-refractivity contribution in [3.8, 4) is 0 Å². The van der Waals surface area contributed by atoms with Crippen LogP contribution in [0, 0.1) is 12.8 Å². The van der Waals surface area contributed by atoms with Gasteiger partial charge in [-0.25, -0.2) is 0 Å². The molecule has 84 valence electrons. The molecule has 1 aromatic carbocycles. The molecule has 1 aromatic rings. The van der Waals surface area contributed by atoms with Gasteiger partial charge >= 0.3 is 0 Å². The van der Waals surface area contributed by atoms with E-state index in [1.54, 1.807) is 0 Å². The van der Waals surface area contributed by atoms with Crippen LogP contribution in [0.15, 0.2) is 24.3 Å². The zero-order valence-electron chi connectivity index (χ0n) is 10.4. The van der Waals surface area contributed by atoms with Crippen LogP contribution in [0.3, 0.4) is 0 Å². The average molecular weight is 205 g/mol. The number of hydrogen-bond acceptors (Lipinski definition) is 1. The first-order valence-corrected chi connectivity index (χ1v) is 5.92. The van der Waals surface area contributed by atoms with Crippen LogP contribution in [0.4, 0.5) is 0 Å². The van der Waals surface area contributed by atoms with Crippen molar-refractivity contribution in [3.05, 3.63) is 35.4 Å². The van der Waals surface area contributed by atoms with Crippen LogP contribution in [-0.2, 0) is 0 Å². The molecule has 0 aliphatic carbocycles. The van der Waals surface area contributed by atoms with Crippen LogP contribution in [0.5, 0.6) is 0 Å². The zero-order valence-corrected chi connectivity index (χ0v) is 10.4. The van der Waals surface area contributed by atoms with Gasteiger partial charge in [0.2, 0.25) is 0 Å². The van der Waals surface area contributed by atoms with Crippen molar-refractivity contribution >= 4 is 0 Å². The molecule has 0 aliphatic heterocycles. The normalized spacial score (nSPS) is 14.9. The van der Waals surface area contributed by atoms with Crippen molar-refractivity contribution in [2.75, 3.05) is 7.05 Å². The Balaban J connectivity index is 2.82. The molecule has 0 saturated carbocycles. The first-order chi connectivity index (χ1) is 7.19. The summed E-state index contributed by atoms with van der Waals surface area (Å²) < 4.78 is 0. The number of benzene rings is 1. The fraction of sp³-hybridized carbons (Fsp3) is 0.571. The molecule has 1 rings (SSSR count). The largest absolute Gasteiger partial charge is 0.313 e. The van der Waals surface area contributed by atoms with E-state index < -0.39 is 0 Å². The minimum absolute atomic E-state index is 0.491. The lowest BCUT2D eigenvalue weighted by Gasteiger charge is -2.24. The Hall–Kier alpha value is -0.820. The maximum atomic E-state index is 3.43. The van der Waals surface area contributed by atoms with E-state index in [0.29, 0.717) is 12.0 Å². The molecule has 0 bridgehead atoms. The highest BCUT2D eigenvalue weighted by molar-refractivity contribution is 5.25. The highest BCUT2D eigenvalue weighted by Gasteiger charge is 2.16. The lowest BCUT2D eigenvalue weighted by molar-refractivity contribution is 0.384. The van der Waals surface area contributed by atoms with E-state index >= 15 is 0 Å². The molecule has 1 N–H and O–H groups in total. The average Bonchev–Trinajstić information content (AvgIpc) is 2.19. The first kappa shape index (κ1) is 12.3. The maximum Gasteiger partial charge on any atom is 0.0343 e. The lowest BCUT2D eigenvalue weighted by Crippen LogP contribution is -2.23. The van der Waals surface area contributed by atoms with Gasteiger partial charge in [-0.15, -0.1) is 0 Å². The summed E-state index contributed by atoms with van der Waals surface area (Å²) in [4.78, 5) is 0. The Kier molecular flexibility index (Phi) is 4.83. The van der Waals surface area contributed by atoms with Crippen LogP contribution in [-0.4, -0.2) is 7.05 Å². The van der Waals surface area contributed by atoms with Gasteiger partial charge in [0.1, 0.15) is 0 Å². The smallest absolute Gasteiger partial charge is 0.0343 e. The highest BCUT2D eigenvalue weighted by atomic mass is 14.9. The van der Waals surface area contributed by atoms with Crippen molar-refractivity contribution in [1.82, 2.24) is 5.32 Å².